The summed E-state index contributed by atoms with van der Waals surface area (Å²) in [4.78, 5) is 18.3. The molecule has 0 aliphatic heterocycles. The average Bonchev–Trinajstić information content (AvgIpc) is 2.98. The van der Waals surface area contributed by atoms with Gasteiger partial charge in [0.2, 0.25) is 0 Å². The van der Waals surface area contributed by atoms with Crippen molar-refractivity contribution < 1.29 is 4.79 Å². The second-order valence-corrected chi connectivity index (χ2v) is 6.84. The van der Waals surface area contributed by atoms with Crippen molar-refractivity contribution in [1.82, 2.24) is 14.5 Å². The van der Waals surface area contributed by atoms with Gasteiger partial charge in [-0.25, -0.2) is 4.98 Å². The normalized spacial score (nSPS) is 11.4. The quantitative estimate of drug-likeness (QED) is 0.555. The van der Waals surface area contributed by atoms with Crippen LogP contribution in [-0.4, -0.2) is 33.8 Å². The van der Waals surface area contributed by atoms with Crippen LogP contribution in [0, 0.1) is 0 Å². The van der Waals surface area contributed by atoms with Gasteiger partial charge in [0.15, 0.2) is 0 Å². The minimum Gasteiger partial charge on any atom is -0.327 e. The summed E-state index contributed by atoms with van der Waals surface area (Å²) >= 11 is 0. The largest absolute Gasteiger partial charge is 0.327 e. The number of imidazole rings is 1. The number of nitrogens with zero attached hydrogens (tertiary/aromatic N) is 3. The molecule has 0 bridgehead atoms. The van der Waals surface area contributed by atoms with Crippen LogP contribution in [0.1, 0.15) is 42.6 Å². The molecule has 3 rings (SSSR count). The van der Waals surface area contributed by atoms with Gasteiger partial charge in [-0.15, -0.1) is 0 Å². The summed E-state index contributed by atoms with van der Waals surface area (Å²) < 4.78 is 2.07. The van der Waals surface area contributed by atoms with Gasteiger partial charge >= 0.3 is 0 Å². The summed E-state index contributed by atoms with van der Waals surface area (Å²) in [5, 5.41) is 0. The van der Waals surface area contributed by atoms with E-state index in [-0.39, 0.29) is 0 Å². The number of aromatic nitrogens is 2. The Morgan fingerprint density at radius 1 is 1.08 bits per heavy atom. The van der Waals surface area contributed by atoms with Crippen LogP contribution in [0.4, 0.5) is 0 Å². The van der Waals surface area contributed by atoms with Gasteiger partial charge in [-0.2, -0.15) is 0 Å². The van der Waals surface area contributed by atoms with E-state index >= 15 is 0 Å². The Bertz CT molecular complexity index is 892. The van der Waals surface area contributed by atoms with Crippen molar-refractivity contribution in [3.8, 4) is 11.4 Å². The number of carbonyl (C=O) groups is 1. The Labute approximate surface area is 155 Å². The molecule has 1 heterocycles. The summed E-state index contributed by atoms with van der Waals surface area (Å²) in [7, 11) is 2.01. The molecule has 0 radical (unpaired) electrons. The van der Waals surface area contributed by atoms with E-state index in [1.54, 1.807) is 0 Å². The van der Waals surface area contributed by atoms with Crippen LogP contribution >= 0.6 is 0 Å². The van der Waals surface area contributed by atoms with Gasteiger partial charge in [-0.1, -0.05) is 32.0 Å². The summed E-state index contributed by atoms with van der Waals surface area (Å²) in [6.07, 6.45) is 3.22. The van der Waals surface area contributed by atoms with E-state index in [9.17, 15) is 4.79 Å². The Kier molecular flexibility index (Phi) is 5.84. The van der Waals surface area contributed by atoms with E-state index < -0.39 is 0 Å². The monoisotopic (exact) mass is 349 g/mol. The van der Waals surface area contributed by atoms with Crippen molar-refractivity contribution in [2.45, 2.75) is 33.2 Å². The molecule has 0 atom stereocenters. The first-order chi connectivity index (χ1) is 12.7. The summed E-state index contributed by atoms with van der Waals surface area (Å²) in [6.45, 7) is 7.67. The van der Waals surface area contributed by atoms with E-state index in [1.807, 2.05) is 25.2 Å². The van der Waals surface area contributed by atoms with Crippen LogP contribution in [0.3, 0.4) is 0 Å². The van der Waals surface area contributed by atoms with Crippen molar-refractivity contribution in [2.24, 2.45) is 7.05 Å². The topological polar surface area (TPSA) is 38.1 Å². The molecule has 26 heavy (non-hydrogen) atoms. The first-order valence-corrected chi connectivity index (χ1v) is 9.39. The molecule has 0 fully saturated rings. The molecular formula is C22H27N3O. The zero-order chi connectivity index (χ0) is 18.5. The van der Waals surface area contributed by atoms with Crippen molar-refractivity contribution in [2.75, 3.05) is 13.1 Å². The molecule has 0 saturated carbocycles. The lowest BCUT2D eigenvalue weighted by Gasteiger charge is -2.21. The molecule has 0 amide bonds. The van der Waals surface area contributed by atoms with Gasteiger partial charge < -0.3 is 4.57 Å². The zero-order valence-electron chi connectivity index (χ0n) is 15.9. The van der Waals surface area contributed by atoms with Crippen LogP contribution in [0.2, 0.25) is 0 Å². The van der Waals surface area contributed by atoms with Gasteiger partial charge in [-0.3, -0.25) is 9.69 Å². The van der Waals surface area contributed by atoms with E-state index in [1.165, 1.54) is 18.4 Å². The van der Waals surface area contributed by atoms with Crippen molar-refractivity contribution >= 4 is 17.3 Å². The fourth-order valence-electron chi connectivity index (χ4n) is 3.51. The van der Waals surface area contributed by atoms with Crippen molar-refractivity contribution in [3.63, 3.8) is 0 Å². The molecule has 136 valence electrons. The molecule has 4 heteroatoms. The average molecular weight is 349 g/mol. The number of benzene rings is 2. The van der Waals surface area contributed by atoms with Crippen molar-refractivity contribution in [3.05, 3.63) is 53.6 Å². The summed E-state index contributed by atoms with van der Waals surface area (Å²) in [6, 6.07) is 14.3. The maximum Gasteiger partial charge on any atom is 0.150 e. The van der Waals surface area contributed by atoms with E-state index in [2.05, 4.69) is 47.6 Å². The number of hydrogen-bond acceptors (Lipinski definition) is 3. The van der Waals surface area contributed by atoms with Crippen LogP contribution in [-0.2, 0) is 13.6 Å². The van der Waals surface area contributed by atoms with E-state index in [0.717, 1.165) is 48.3 Å². The molecule has 0 saturated heterocycles. The summed E-state index contributed by atoms with van der Waals surface area (Å²) in [5.41, 5.74) is 4.99. The maximum absolute atomic E-state index is 11.1. The molecule has 0 aliphatic rings. The molecule has 2 aromatic carbocycles. The highest BCUT2D eigenvalue weighted by Gasteiger charge is 2.12. The molecule has 0 spiro atoms. The minimum atomic E-state index is 0.676. The molecule has 1 aromatic heterocycles. The van der Waals surface area contributed by atoms with Gasteiger partial charge in [0.1, 0.15) is 12.1 Å². The smallest absolute Gasteiger partial charge is 0.150 e. The third-order valence-electron chi connectivity index (χ3n) is 4.71. The highest BCUT2D eigenvalue weighted by molar-refractivity contribution is 5.87. The number of fused-ring (bicyclic) bond motifs is 1. The van der Waals surface area contributed by atoms with Crippen LogP contribution in [0.15, 0.2) is 42.5 Å². The second kappa shape index (κ2) is 8.28. The first-order valence-electron chi connectivity index (χ1n) is 9.39. The summed E-state index contributed by atoms with van der Waals surface area (Å²) in [5.74, 6) is 0.933. The van der Waals surface area contributed by atoms with Crippen molar-refractivity contribution in [1.29, 1.82) is 0 Å². The molecule has 0 N–H and O–H groups in total. The Hall–Kier alpha value is -2.46. The first kappa shape index (κ1) is 18.3. The maximum atomic E-state index is 11.1. The van der Waals surface area contributed by atoms with Gasteiger partial charge in [-0.05, 0) is 55.8 Å². The predicted molar refractivity (Wildman–Crippen MR) is 107 cm³/mol. The lowest BCUT2D eigenvalue weighted by molar-refractivity contribution is 0.112. The van der Waals surface area contributed by atoms with Crippen LogP contribution in [0.25, 0.3) is 22.4 Å². The lowest BCUT2D eigenvalue weighted by atomic mass is 10.1. The number of aryl methyl sites for hydroxylation is 1. The Morgan fingerprint density at radius 2 is 1.85 bits per heavy atom. The fraction of sp³-hybridized carbons (Fsp3) is 0.364. The molecule has 0 unspecified atom stereocenters. The predicted octanol–water partition coefficient (Wildman–Crippen LogP) is 4.67. The molecule has 4 nitrogen and oxygen atoms in total. The molecule has 3 aromatic rings. The van der Waals surface area contributed by atoms with E-state index in [0.29, 0.717) is 5.56 Å². The van der Waals surface area contributed by atoms with Gasteiger partial charge in [0.05, 0.1) is 11.0 Å². The highest BCUT2D eigenvalue weighted by atomic mass is 16.1. The number of carbonyl (C=O) groups excluding carboxylic acids is 1. The number of rotatable bonds is 8. The minimum absolute atomic E-state index is 0.676. The Morgan fingerprint density at radius 3 is 2.54 bits per heavy atom. The van der Waals surface area contributed by atoms with Crippen LogP contribution < -0.4 is 0 Å². The lowest BCUT2D eigenvalue weighted by Crippen LogP contribution is -2.24. The van der Waals surface area contributed by atoms with Crippen LogP contribution in [0.5, 0.6) is 0 Å². The number of hydrogen-bond donors (Lipinski definition) is 0. The van der Waals surface area contributed by atoms with Gasteiger partial charge in [0, 0.05) is 24.7 Å². The number of aldehydes is 1. The highest BCUT2D eigenvalue weighted by Crippen LogP contribution is 2.25. The standard InChI is InChI=1S/C22H27N3O/c1-4-11-25(12-5-2)15-17-7-6-8-19(13-17)22-23-20-10-9-18(16-26)14-21(20)24(22)3/h6-10,13-14,16H,4-5,11-12,15H2,1-3H3. The zero-order valence-corrected chi connectivity index (χ0v) is 15.9. The fourth-order valence-corrected chi connectivity index (χ4v) is 3.51. The molecule has 0 aliphatic carbocycles. The SMILES string of the molecule is CCCN(CCC)Cc1cccc(-c2nc3ccc(C=O)cc3n2C)c1. The van der Waals surface area contributed by atoms with Gasteiger partial charge in [0.25, 0.3) is 0 Å². The second-order valence-electron chi connectivity index (χ2n) is 6.84. The Balaban J connectivity index is 1.93. The van der Waals surface area contributed by atoms with E-state index in [4.69, 9.17) is 4.98 Å². The molecular weight excluding hydrogens is 322 g/mol. The third-order valence-corrected chi connectivity index (χ3v) is 4.71. The third kappa shape index (κ3) is 3.86.